The van der Waals surface area contributed by atoms with Crippen LogP contribution in [0.4, 0.5) is 0 Å². The van der Waals surface area contributed by atoms with E-state index in [0.717, 1.165) is 27.8 Å². The summed E-state index contributed by atoms with van der Waals surface area (Å²) in [6.45, 7) is 9.07. The maximum absolute atomic E-state index is 13.1. The van der Waals surface area contributed by atoms with Crippen LogP contribution in [0.25, 0.3) is 5.57 Å². The number of hydrogen-bond donors (Lipinski definition) is 1. The zero-order valence-corrected chi connectivity index (χ0v) is 23.2. The molecule has 0 unspecified atom stereocenters. The number of hydrogen-bond acceptors (Lipinski definition) is 7. The molecule has 1 heterocycles. The molecule has 1 atom stereocenters. The number of esters is 2. The molecule has 0 aliphatic carbocycles. The van der Waals surface area contributed by atoms with Crippen molar-refractivity contribution in [3.05, 3.63) is 94.5 Å². The molecule has 1 N–H and O–H groups in total. The van der Waals surface area contributed by atoms with Crippen LogP contribution in [0.15, 0.2) is 66.6 Å². The van der Waals surface area contributed by atoms with E-state index in [1.807, 2.05) is 69.3 Å². The number of aryl methyl sites for hydroxylation is 2. The average Bonchev–Trinajstić information content (AvgIpc) is 2.91. The second kappa shape index (κ2) is 13.4. The van der Waals surface area contributed by atoms with Crippen molar-refractivity contribution < 1.29 is 28.6 Å². The van der Waals surface area contributed by atoms with Gasteiger partial charge in [0.1, 0.15) is 11.8 Å². The number of carbonyl (C=O) groups excluding carboxylic acids is 3. The van der Waals surface area contributed by atoms with Gasteiger partial charge in [-0.1, -0.05) is 55.5 Å². The Morgan fingerprint density at radius 3 is 2.08 bits per heavy atom. The summed E-state index contributed by atoms with van der Waals surface area (Å²) in [6, 6.07) is 16.2. The summed E-state index contributed by atoms with van der Waals surface area (Å²) in [6.07, 6.45) is 2.10. The van der Waals surface area contributed by atoms with Gasteiger partial charge in [-0.05, 0) is 56.4 Å². The fourth-order valence-corrected chi connectivity index (χ4v) is 4.07. The SMILES string of the molecule is CCCC(=O)Oc1c(OC)ccnc1C(=O)N[C@@H](C)C(=O)OC(C)=C(c1ccccc1C)c1ccccc1C. The van der Waals surface area contributed by atoms with Crippen LogP contribution < -0.4 is 14.8 Å². The van der Waals surface area contributed by atoms with Crippen molar-refractivity contribution in [1.82, 2.24) is 10.3 Å². The zero-order chi connectivity index (χ0) is 28.5. The number of nitrogens with zero attached hydrogens (tertiary/aromatic N) is 1. The molecule has 0 spiro atoms. The molecule has 2 aromatic carbocycles. The van der Waals surface area contributed by atoms with E-state index in [9.17, 15) is 14.4 Å². The summed E-state index contributed by atoms with van der Waals surface area (Å²) in [5, 5.41) is 2.59. The molecule has 3 rings (SSSR count). The third-order valence-corrected chi connectivity index (χ3v) is 6.11. The maximum atomic E-state index is 13.1. The number of aromatic nitrogens is 1. The van der Waals surface area contributed by atoms with E-state index in [4.69, 9.17) is 14.2 Å². The summed E-state index contributed by atoms with van der Waals surface area (Å²) < 4.78 is 16.4. The van der Waals surface area contributed by atoms with E-state index in [1.54, 1.807) is 6.92 Å². The van der Waals surface area contributed by atoms with Crippen LogP contribution in [-0.2, 0) is 14.3 Å². The van der Waals surface area contributed by atoms with Crippen LogP contribution in [0.3, 0.4) is 0 Å². The summed E-state index contributed by atoms with van der Waals surface area (Å²) in [5.41, 5.74) is 4.55. The van der Waals surface area contributed by atoms with Crippen LogP contribution in [0.2, 0.25) is 0 Å². The highest BCUT2D eigenvalue weighted by Crippen LogP contribution is 2.32. The van der Waals surface area contributed by atoms with Crippen molar-refractivity contribution in [2.24, 2.45) is 0 Å². The van der Waals surface area contributed by atoms with Gasteiger partial charge in [-0.15, -0.1) is 0 Å². The van der Waals surface area contributed by atoms with Gasteiger partial charge in [0.15, 0.2) is 11.4 Å². The highest BCUT2D eigenvalue weighted by Gasteiger charge is 2.26. The number of amides is 1. The van der Waals surface area contributed by atoms with Gasteiger partial charge in [0.25, 0.3) is 5.91 Å². The number of rotatable bonds is 10. The topological polar surface area (TPSA) is 104 Å². The largest absolute Gasteiger partial charge is 0.493 e. The van der Waals surface area contributed by atoms with E-state index < -0.39 is 23.9 Å². The predicted octanol–water partition coefficient (Wildman–Crippen LogP) is 5.55. The number of pyridine rings is 1. The third kappa shape index (κ3) is 7.10. The Hall–Kier alpha value is -4.46. The molecule has 0 aliphatic heterocycles. The maximum Gasteiger partial charge on any atom is 0.333 e. The Bertz CT molecular complexity index is 1350. The highest BCUT2D eigenvalue weighted by atomic mass is 16.6. The van der Waals surface area contributed by atoms with E-state index >= 15 is 0 Å². The van der Waals surface area contributed by atoms with Crippen LogP contribution in [0, 0.1) is 13.8 Å². The molecule has 39 heavy (non-hydrogen) atoms. The van der Waals surface area contributed by atoms with Gasteiger partial charge in [-0.2, -0.15) is 0 Å². The number of nitrogens with one attached hydrogen (secondary N) is 1. The van der Waals surface area contributed by atoms with Crippen molar-refractivity contribution >= 4 is 23.4 Å². The number of ether oxygens (including phenoxy) is 3. The van der Waals surface area contributed by atoms with Gasteiger partial charge in [0.2, 0.25) is 5.75 Å². The van der Waals surface area contributed by atoms with Gasteiger partial charge in [0.05, 0.1) is 7.11 Å². The second-order valence-corrected chi connectivity index (χ2v) is 9.09. The van der Waals surface area contributed by atoms with Gasteiger partial charge in [0, 0.05) is 24.3 Å². The highest BCUT2D eigenvalue weighted by molar-refractivity contribution is 5.99. The molecule has 204 valence electrons. The fourth-order valence-electron chi connectivity index (χ4n) is 4.07. The first-order valence-corrected chi connectivity index (χ1v) is 12.8. The van der Waals surface area contributed by atoms with E-state index in [2.05, 4.69) is 10.3 Å². The number of allylic oxidation sites excluding steroid dienone is 1. The minimum Gasteiger partial charge on any atom is -0.493 e. The minimum atomic E-state index is -1.03. The Morgan fingerprint density at radius 2 is 1.54 bits per heavy atom. The van der Waals surface area contributed by atoms with Gasteiger partial charge in [-0.3, -0.25) is 9.59 Å². The van der Waals surface area contributed by atoms with Crippen LogP contribution in [-0.4, -0.2) is 36.0 Å². The molecule has 0 aliphatic rings. The van der Waals surface area contributed by atoms with Gasteiger partial charge >= 0.3 is 11.9 Å². The molecule has 3 aromatic rings. The van der Waals surface area contributed by atoms with Crippen molar-refractivity contribution in [3.63, 3.8) is 0 Å². The van der Waals surface area contributed by atoms with Gasteiger partial charge in [-0.25, -0.2) is 9.78 Å². The standard InChI is InChI=1S/C31H34N2O6/c1-7-12-26(34)39-29-25(37-6)17-18-32-28(29)30(35)33-21(4)31(36)38-22(5)27(23-15-10-8-13-19(23)2)24-16-11-9-14-20(24)3/h8-11,13-18,21H,7,12H2,1-6H3,(H,33,35)/t21-/m0/s1. The summed E-state index contributed by atoms with van der Waals surface area (Å²) in [5.74, 6) is -1.42. The van der Waals surface area contributed by atoms with Crippen molar-refractivity contribution in [2.45, 2.75) is 53.5 Å². The molecule has 8 heteroatoms. The van der Waals surface area contributed by atoms with E-state index in [1.165, 1.54) is 26.3 Å². The summed E-state index contributed by atoms with van der Waals surface area (Å²) in [7, 11) is 1.39. The average molecular weight is 531 g/mol. The minimum absolute atomic E-state index is 0.103. The first-order valence-electron chi connectivity index (χ1n) is 12.8. The molecule has 8 nitrogen and oxygen atoms in total. The first kappa shape index (κ1) is 29.1. The summed E-state index contributed by atoms with van der Waals surface area (Å²) in [4.78, 5) is 42.4. The van der Waals surface area contributed by atoms with Crippen LogP contribution in [0.1, 0.15) is 66.4 Å². The van der Waals surface area contributed by atoms with Crippen molar-refractivity contribution in [3.8, 4) is 11.5 Å². The van der Waals surface area contributed by atoms with Crippen LogP contribution in [0.5, 0.6) is 11.5 Å². The number of methoxy groups -OCH3 is 1. The third-order valence-electron chi connectivity index (χ3n) is 6.11. The lowest BCUT2D eigenvalue weighted by atomic mass is 9.91. The predicted molar refractivity (Wildman–Crippen MR) is 148 cm³/mol. The molecular weight excluding hydrogens is 496 g/mol. The number of benzene rings is 2. The second-order valence-electron chi connectivity index (χ2n) is 9.09. The Labute approximate surface area is 229 Å². The molecule has 0 radical (unpaired) electrons. The molecule has 0 bridgehead atoms. The Kier molecular flexibility index (Phi) is 9.98. The quantitative estimate of drug-likeness (QED) is 0.271. The summed E-state index contributed by atoms with van der Waals surface area (Å²) >= 11 is 0. The van der Waals surface area contributed by atoms with E-state index in [0.29, 0.717) is 12.2 Å². The fraction of sp³-hybridized carbons (Fsp3) is 0.290. The Morgan fingerprint density at radius 1 is 0.949 bits per heavy atom. The normalized spacial score (nSPS) is 11.2. The lowest BCUT2D eigenvalue weighted by Crippen LogP contribution is -2.40. The lowest BCUT2D eigenvalue weighted by Gasteiger charge is -2.19. The van der Waals surface area contributed by atoms with Gasteiger partial charge < -0.3 is 19.5 Å². The van der Waals surface area contributed by atoms with Crippen LogP contribution >= 0.6 is 0 Å². The van der Waals surface area contributed by atoms with E-state index in [-0.39, 0.29) is 23.6 Å². The molecule has 0 saturated carbocycles. The first-order chi connectivity index (χ1) is 18.7. The number of carbonyl (C=O) groups is 3. The zero-order valence-electron chi connectivity index (χ0n) is 23.2. The molecule has 1 amide bonds. The molecule has 1 aromatic heterocycles. The monoisotopic (exact) mass is 530 g/mol. The Balaban J connectivity index is 1.88. The molecular formula is C31H34N2O6. The molecule has 0 saturated heterocycles. The van der Waals surface area contributed by atoms with Crippen molar-refractivity contribution in [1.29, 1.82) is 0 Å². The lowest BCUT2D eigenvalue weighted by molar-refractivity contribution is -0.141. The van der Waals surface area contributed by atoms with Crippen molar-refractivity contribution in [2.75, 3.05) is 7.11 Å². The molecule has 0 fully saturated rings. The smallest absolute Gasteiger partial charge is 0.333 e.